The molecular formula is C7H11ClO. The Bertz CT molecular complexity index is 116. The van der Waals surface area contributed by atoms with Gasteiger partial charge in [0.1, 0.15) is 0 Å². The third kappa shape index (κ3) is 4.22. The number of alkyl halides is 1. The lowest BCUT2D eigenvalue weighted by Gasteiger charge is -1.94. The maximum absolute atomic E-state index is 10.8. The normalized spacial score (nSPS) is 11.1. The van der Waals surface area contributed by atoms with E-state index in [9.17, 15) is 4.79 Å². The van der Waals surface area contributed by atoms with Crippen molar-refractivity contribution >= 4 is 17.4 Å². The number of ketones is 1. The van der Waals surface area contributed by atoms with Crippen LogP contribution < -0.4 is 0 Å². The van der Waals surface area contributed by atoms with Gasteiger partial charge in [-0.3, -0.25) is 4.79 Å². The molecule has 0 aromatic rings. The van der Waals surface area contributed by atoms with Crippen LogP contribution in [0.15, 0.2) is 12.2 Å². The Hall–Kier alpha value is -0.300. The summed E-state index contributed by atoms with van der Waals surface area (Å²) in [6, 6.07) is 0. The van der Waals surface area contributed by atoms with Crippen molar-refractivity contribution in [3.05, 3.63) is 12.2 Å². The van der Waals surface area contributed by atoms with Crippen LogP contribution in [0.1, 0.15) is 13.8 Å². The molecule has 0 heterocycles. The van der Waals surface area contributed by atoms with Crippen LogP contribution in [0.25, 0.3) is 0 Å². The first-order chi connectivity index (χ1) is 4.18. The largest absolute Gasteiger partial charge is 0.295 e. The van der Waals surface area contributed by atoms with Gasteiger partial charge in [0, 0.05) is 11.8 Å². The number of hydrogen-bond donors (Lipinski definition) is 0. The molecule has 0 aromatic carbocycles. The van der Waals surface area contributed by atoms with E-state index in [4.69, 9.17) is 11.6 Å². The van der Waals surface area contributed by atoms with Gasteiger partial charge in [-0.25, -0.2) is 0 Å². The van der Waals surface area contributed by atoms with Gasteiger partial charge in [-0.05, 0) is 6.08 Å². The first-order valence-electron chi connectivity index (χ1n) is 2.95. The topological polar surface area (TPSA) is 17.1 Å². The van der Waals surface area contributed by atoms with Gasteiger partial charge in [0.2, 0.25) is 0 Å². The van der Waals surface area contributed by atoms with Gasteiger partial charge >= 0.3 is 0 Å². The summed E-state index contributed by atoms with van der Waals surface area (Å²) in [6.45, 7) is 3.72. The number of rotatable bonds is 3. The highest BCUT2D eigenvalue weighted by Crippen LogP contribution is 1.94. The summed E-state index contributed by atoms with van der Waals surface area (Å²) < 4.78 is 0. The van der Waals surface area contributed by atoms with Gasteiger partial charge in [0.15, 0.2) is 5.78 Å². The minimum atomic E-state index is 0.0875. The van der Waals surface area contributed by atoms with Crippen LogP contribution in [0.2, 0.25) is 0 Å². The van der Waals surface area contributed by atoms with Crippen molar-refractivity contribution in [2.75, 3.05) is 5.88 Å². The van der Waals surface area contributed by atoms with E-state index in [1.807, 2.05) is 13.8 Å². The van der Waals surface area contributed by atoms with E-state index in [0.29, 0.717) is 5.88 Å². The van der Waals surface area contributed by atoms with Gasteiger partial charge < -0.3 is 0 Å². The minimum Gasteiger partial charge on any atom is -0.295 e. The van der Waals surface area contributed by atoms with Crippen molar-refractivity contribution in [3.63, 3.8) is 0 Å². The monoisotopic (exact) mass is 146 g/mol. The average Bonchev–Trinajstić information content (AvgIpc) is 1.82. The third-order valence-corrected chi connectivity index (χ3v) is 1.12. The maximum atomic E-state index is 10.8. The summed E-state index contributed by atoms with van der Waals surface area (Å²) in [7, 11) is 0. The summed E-state index contributed by atoms with van der Waals surface area (Å²) in [5, 5.41) is 0. The fourth-order valence-electron chi connectivity index (χ4n) is 0.353. The second kappa shape index (κ2) is 4.57. The van der Waals surface area contributed by atoms with E-state index in [2.05, 4.69) is 0 Å². The molecule has 0 rings (SSSR count). The molecule has 0 N–H and O–H groups in total. The van der Waals surface area contributed by atoms with Crippen molar-refractivity contribution in [3.8, 4) is 0 Å². The zero-order chi connectivity index (χ0) is 7.28. The zero-order valence-corrected chi connectivity index (χ0v) is 6.48. The molecule has 9 heavy (non-hydrogen) atoms. The first-order valence-corrected chi connectivity index (χ1v) is 3.48. The van der Waals surface area contributed by atoms with Crippen LogP contribution in [0, 0.1) is 5.92 Å². The number of carbonyl (C=O) groups excluding carboxylic acids is 1. The predicted molar refractivity (Wildman–Crippen MR) is 39.7 cm³/mol. The molecule has 0 atom stereocenters. The van der Waals surface area contributed by atoms with Crippen molar-refractivity contribution in [2.45, 2.75) is 13.8 Å². The molecule has 52 valence electrons. The zero-order valence-electron chi connectivity index (χ0n) is 5.73. The quantitative estimate of drug-likeness (QED) is 0.440. The molecular weight excluding hydrogens is 136 g/mol. The van der Waals surface area contributed by atoms with E-state index in [-0.39, 0.29) is 11.7 Å². The molecule has 0 unspecified atom stereocenters. The highest BCUT2D eigenvalue weighted by molar-refractivity contribution is 6.19. The fraction of sp³-hybridized carbons (Fsp3) is 0.571. The molecule has 0 aliphatic rings. The van der Waals surface area contributed by atoms with Crippen molar-refractivity contribution in [1.82, 2.24) is 0 Å². The molecule has 0 radical (unpaired) electrons. The van der Waals surface area contributed by atoms with Crippen LogP contribution in [-0.4, -0.2) is 11.7 Å². The second-order valence-corrected chi connectivity index (χ2v) is 2.42. The Morgan fingerprint density at radius 2 is 2.22 bits per heavy atom. The Kier molecular flexibility index (Phi) is 4.41. The lowest BCUT2D eigenvalue weighted by molar-refractivity contribution is -0.117. The number of hydrogen-bond acceptors (Lipinski definition) is 1. The van der Waals surface area contributed by atoms with Crippen LogP contribution in [0.4, 0.5) is 0 Å². The summed E-state index contributed by atoms with van der Waals surface area (Å²) in [6.07, 6.45) is 3.18. The van der Waals surface area contributed by atoms with Gasteiger partial charge in [0.05, 0.1) is 0 Å². The molecule has 0 amide bonds. The van der Waals surface area contributed by atoms with Gasteiger partial charge in [-0.15, -0.1) is 11.6 Å². The second-order valence-electron chi connectivity index (χ2n) is 2.11. The predicted octanol–water partition coefficient (Wildman–Crippen LogP) is 2.01. The Morgan fingerprint density at radius 1 is 1.67 bits per heavy atom. The summed E-state index contributed by atoms with van der Waals surface area (Å²) in [5.74, 6) is 0.637. The van der Waals surface area contributed by atoms with Crippen molar-refractivity contribution in [2.24, 2.45) is 5.92 Å². The molecule has 0 spiro atoms. The smallest absolute Gasteiger partial charge is 0.157 e. The minimum absolute atomic E-state index is 0.0875. The Balaban J connectivity index is 3.63. The highest BCUT2D eigenvalue weighted by Gasteiger charge is 1.99. The standard InChI is InChI=1S/C7H11ClO/c1-6(2)7(9)4-3-5-8/h3-4,6H,5H2,1-2H3. The van der Waals surface area contributed by atoms with Crippen molar-refractivity contribution in [1.29, 1.82) is 0 Å². The number of allylic oxidation sites excluding steroid dienone is 2. The highest BCUT2D eigenvalue weighted by atomic mass is 35.5. The molecule has 0 aliphatic heterocycles. The molecule has 0 aliphatic carbocycles. The molecule has 2 heteroatoms. The fourth-order valence-corrected chi connectivity index (χ4v) is 0.442. The molecule has 0 fully saturated rings. The molecule has 0 saturated heterocycles. The lowest BCUT2D eigenvalue weighted by atomic mass is 10.1. The van der Waals surface area contributed by atoms with Gasteiger partial charge in [-0.1, -0.05) is 19.9 Å². The molecule has 0 aromatic heterocycles. The first kappa shape index (κ1) is 8.70. The molecule has 0 bridgehead atoms. The van der Waals surface area contributed by atoms with E-state index < -0.39 is 0 Å². The van der Waals surface area contributed by atoms with Crippen LogP contribution in [-0.2, 0) is 4.79 Å². The summed E-state index contributed by atoms with van der Waals surface area (Å²) in [4.78, 5) is 10.8. The van der Waals surface area contributed by atoms with Gasteiger partial charge in [0.25, 0.3) is 0 Å². The van der Waals surface area contributed by atoms with Gasteiger partial charge in [-0.2, -0.15) is 0 Å². The lowest BCUT2D eigenvalue weighted by Crippen LogP contribution is -2.01. The maximum Gasteiger partial charge on any atom is 0.157 e. The van der Waals surface area contributed by atoms with E-state index in [1.54, 1.807) is 6.08 Å². The third-order valence-electron chi connectivity index (χ3n) is 0.940. The summed E-state index contributed by atoms with van der Waals surface area (Å²) >= 11 is 5.31. The summed E-state index contributed by atoms with van der Waals surface area (Å²) in [5.41, 5.74) is 0. The Labute approximate surface area is 60.7 Å². The van der Waals surface area contributed by atoms with Crippen LogP contribution in [0.5, 0.6) is 0 Å². The van der Waals surface area contributed by atoms with E-state index >= 15 is 0 Å². The van der Waals surface area contributed by atoms with E-state index in [0.717, 1.165) is 0 Å². The SMILES string of the molecule is CC(C)C(=O)C=CCCl. The van der Waals surface area contributed by atoms with Crippen molar-refractivity contribution < 1.29 is 4.79 Å². The molecule has 0 saturated carbocycles. The molecule has 1 nitrogen and oxygen atoms in total. The number of halogens is 1. The Morgan fingerprint density at radius 3 is 2.56 bits per heavy atom. The van der Waals surface area contributed by atoms with Crippen LogP contribution >= 0.6 is 11.6 Å². The average molecular weight is 147 g/mol. The number of carbonyl (C=O) groups is 1. The van der Waals surface area contributed by atoms with E-state index in [1.165, 1.54) is 6.08 Å². The van der Waals surface area contributed by atoms with Crippen LogP contribution in [0.3, 0.4) is 0 Å².